The minimum atomic E-state index is -1.20. The first-order valence-corrected chi connectivity index (χ1v) is 4.10. The number of hydrogen-bond acceptors (Lipinski definition) is 4. The molecule has 0 amide bonds. The second-order valence-electron chi connectivity index (χ2n) is 2.97. The summed E-state index contributed by atoms with van der Waals surface area (Å²) >= 11 is 0. The first kappa shape index (κ1) is 10.6. The Hall–Kier alpha value is -1.46. The second-order valence-corrected chi connectivity index (χ2v) is 2.97. The predicted molar refractivity (Wildman–Crippen MR) is 49.9 cm³/mol. The van der Waals surface area contributed by atoms with Gasteiger partial charge in [-0.3, -0.25) is 10.1 Å². The highest BCUT2D eigenvalue weighted by Gasteiger charge is 2.21. The molecule has 5 heteroatoms. The zero-order valence-corrected chi connectivity index (χ0v) is 7.67. The standard InChI is InChI=1S/C9H11NO4/c1-6-3-2-4-7(8(12)5-11)9(6)10(13)14/h2-4,8,11-12H,5H2,1H3. The van der Waals surface area contributed by atoms with Crippen LogP contribution in [0.25, 0.3) is 0 Å². The number of hydrogen-bond donors (Lipinski definition) is 2. The van der Waals surface area contributed by atoms with E-state index in [2.05, 4.69) is 0 Å². The third-order valence-corrected chi connectivity index (χ3v) is 1.98. The molecule has 76 valence electrons. The average Bonchev–Trinajstić information content (AvgIpc) is 2.15. The summed E-state index contributed by atoms with van der Waals surface area (Å²) in [7, 11) is 0. The van der Waals surface area contributed by atoms with Gasteiger partial charge in [0.05, 0.1) is 17.1 Å². The zero-order valence-electron chi connectivity index (χ0n) is 7.67. The summed E-state index contributed by atoms with van der Waals surface area (Å²) in [5.41, 5.74) is 0.492. The summed E-state index contributed by atoms with van der Waals surface area (Å²) in [5.74, 6) is 0. The molecule has 1 unspecified atom stereocenters. The van der Waals surface area contributed by atoms with E-state index in [1.807, 2.05) is 0 Å². The SMILES string of the molecule is Cc1cccc(C(O)CO)c1[N+](=O)[O-]. The van der Waals surface area contributed by atoms with Gasteiger partial charge in [-0.05, 0) is 13.0 Å². The fourth-order valence-electron chi connectivity index (χ4n) is 1.30. The minimum absolute atomic E-state index is 0.131. The minimum Gasteiger partial charge on any atom is -0.393 e. The molecule has 14 heavy (non-hydrogen) atoms. The van der Waals surface area contributed by atoms with Crippen LogP contribution in [0.4, 0.5) is 5.69 Å². The van der Waals surface area contributed by atoms with Crippen LogP contribution in [-0.2, 0) is 0 Å². The number of rotatable bonds is 3. The highest BCUT2D eigenvalue weighted by Crippen LogP contribution is 2.27. The van der Waals surface area contributed by atoms with Gasteiger partial charge in [0.25, 0.3) is 5.69 Å². The molecule has 1 rings (SSSR count). The van der Waals surface area contributed by atoms with Crippen molar-refractivity contribution in [1.29, 1.82) is 0 Å². The molecule has 0 bridgehead atoms. The molecule has 5 nitrogen and oxygen atoms in total. The van der Waals surface area contributed by atoms with Crippen LogP contribution >= 0.6 is 0 Å². The number of benzene rings is 1. The average molecular weight is 197 g/mol. The van der Waals surface area contributed by atoms with Crippen molar-refractivity contribution in [2.75, 3.05) is 6.61 Å². The van der Waals surface area contributed by atoms with Gasteiger partial charge in [0, 0.05) is 5.56 Å². The van der Waals surface area contributed by atoms with Gasteiger partial charge in [-0.25, -0.2) is 0 Å². The number of aliphatic hydroxyl groups excluding tert-OH is 2. The zero-order chi connectivity index (χ0) is 10.7. The van der Waals surface area contributed by atoms with E-state index < -0.39 is 17.6 Å². The van der Waals surface area contributed by atoms with E-state index in [0.29, 0.717) is 5.56 Å². The quantitative estimate of drug-likeness (QED) is 0.557. The van der Waals surface area contributed by atoms with E-state index >= 15 is 0 Å². The number of para-hydroxylation sites is 1. The summed E-state index contributed by atoms with van der Waals surface area (Å²) in [6.45, 7) is 1.07. The van der Waals surface area contributed by atoms with Crippen molar-refractivity contribution in [3.63, 3.8) is 0 Å². The molecular formula is C9H11NO4. The van der Waals surface area contributed by atoms with Crippen molar-refractivity contribution >= 4 is 5.69 Å². The molecule has 0 aliphatic rings. The second kappa shape index (κ2) is 4.17. The van der Waals surface area contributed by atoms with E-state index in [0.717, 1.165) is 0 Å². The molecule has 0 aliphatic heterocycles. The van der Waals surface area contributed by atoms with Crippen LogP contribution in [-0.4, -0.2) is 21.7 Å². The Bertz CT molecular complexity index is 351. The van der Waals surface area contributed by atoms with Crippen molar-refractivity contribution in [3.05, 3.63) is 39.4 Å². The molecule has 0 heterocycles. The van der Waals surface area contributed by atoms with E-state index in [1.54, 1.807) is 19.1 Å². The summed E-state index contributed by atoms with van der Waals surface area (Å²) in [6.07, 6.45) is -1.20. The Labute approximate surface area is 80.8 Å². The lowest BCUT2D eigenvalue weighted by atomic mass is 10.0. The van der Waals surface area contributed by atoms with Gasteiger partial charge in [-0.2, -0.15) is 0 Å². The Morgan fingerprint density at radius 1 is 1.57 bits per heavy atom. The lowest BCUT2D eigenvalue weighted by molar-refractivity contribution is -0.386. The monoisotopic (exact) mass is 197 g/mol. The molecule has 0 spiro atoms. The molecule has 0 radical (unpaired) electrons. The molecule has 1 atom stereocenters. The van der Waals surface area contributed by atoms with E-state index in [9.17, 15) is 15.2 Å². The fourth-order valence-corrected chi connectivity index (χ4v) is 1.30. The maximum absolute atomic E-state index is 10.7. The van der Waals surface area contributed by atoms with E-state index in [1.165, 1.54) is 6.07 Å². The molecule has 0 saturated heterocycles. The Kier molecular flexibility index (Phi) is 3.16. The van der Waals surface area contributed by atoms with Crippen LogP contribution in [0.3, 0.4) is 0 Å². The maximum Gasteiger partial charge on any atom is 0.278 e. The van der Waals surface area contributed by atoms with Gasteiger partial charge < -0.3 is 10.2 Å². The van der Waals surface area contributed by atoms with Crippen molar-refractivity contribution in [1.82, 2.24) is 0 Å². The molecule has 0 aromatic heterocycles. The van der Waals surface area contributed by atoms with Gasteiger partial charge in [0.15, 0.2) is 0 Å². The normalized spacial score (nSPS) is 12.5. The van der Waals surface area contributed by atoms with Crippen LogP contribution in [0.2, 0.25) is 0 Å². The number of nitrogens with zero attached hydrogens (tertiary/aromatic N) is 1. The van der Waals surface area contributed by atoms with Crippen molar-refractivity contribution in [2.24, 2.45) is 0 Å². The van der Waals surface area contributed by atoms with Gasteiger partial charge in [0.1, 0.15) is 6.10 Å². The molecule has 1 aromatic rings. The highest BCUT2D eigenvalue weighted by molar-refractivity contribution is 5.48. The van der Waals surface area contributed by atoms with Crippen molar-refractivity contribution < 1.29 is 15.1 Å². The van der Waals surface area contributed by atoms with Gasteiger partial charge in [-0.1, -0.05) is 12.1 Å². The van der Waals surface area contributed by atoms with Gasteiger partial charge in [-0.15, -0.1) is 0 Å². The molecule has 2 N–H and O–H groups in total. The highest BCUT2D eigenvalue weighted by atomic mass is 16.6. The number of nitro benzene ring substituents is 1. The van der Waals surface area contributed by atoms with Gasteiger partial charge in [0.2, 0.25) is 0 Å². The van der Waals surface area contributed by atoms with Crippen LogP contribution in [0.15, 0.2) is 18.2 Å². The topological polar surface area (TPSA) is 83.6 Å². The summed E-state index contributed by atoms with van der Waals surface area (Å²) < 4.78 is 0. The Morgan fingerprint density at radius 2 is 2.21 bits per heavy atom. The Morgan fingerprint density at radius 3 is 2.71 bits per heavy atom. The van der Waals surface area contributed by atoms with Crippen LogP contribution < -0.4 is 0 Å². The first-order valence-electron chi connectivity index (χ1n) is 4.10. The van der Waals surface area contributed by atoms with Crippen LogP contribution in [0, 0.1) is 17.0 Å². The summed E-state index contributed by atoms with van der Waals surface area (Å²) in [5, 5.41) is 28.7. The van der Waals surface area contributed by atoms with E-state index in [-0.39, 0.29) is 11.3 Å². The molecule has 0 saturated carbocycles. The van der Waals surface area contributed by atoms with Gasteiger partial charge >= 0.3 is 0 Å². The largest absolute Gasteiger partial charge is 0.393 e. The van der Waals surface area contributed by atoms with Crippen molar-refractivity contribution in [3.8, 4) is 0 Å². The lowest BCUT2D eigenvalue weighted by Crippen LogP contribution is -2.07. The molecule has 0 fully saturated rings. The van der Waals surface area contributed by atoms with Crippen LogP contribution in [0.5, 0.6) is 0 Å². The number of nitro groups is 1. The number of aryl methyl sites for hydroxylation is 1. The Balaban J connectivity index is 3.28. The smallest absolute Gasteiger partial charge is 0.278 e. The first-order chi connectivity index (χ1) is 6.57. The third kappa shape index (κ3) is 1.89. The molecule has 0 aliphatic carbocycles. The lowest BCUT2D eigenvalue weighted by Gasteiger charge is -2.09. The number of aliphatic hydroxyl groups is 2. The fraction of sp³-hybridized carbons (Fsp3) is 0.333. The van der Waals surface area contributed by atoms with Crippen LogP contribution in [0.1, 0.15) is 17.2 Å². The van der Waals surface area contributed by atoms with E-state index in [4.69, 9.17) is 5.11 Å². The summed E-state index contributed by atoms with van der Waals surface area (Å²) in [4.78, 5) is 10.1. The molecular weight excluding hydrogens is 186 g/mol. The van der Waals surface area contributed by atoms with Crippen molar-refractivity contribution in [2.45, 2.75) is 13.0 Å². The predicted octanol–water partition coefficient (Wildman–Crippen LogP) is 0.929. The third-order valence-electron chi connectivity index (χ3n) is 1.98. The molecule has 1 aromatic carbocycles. The summed E-state index contributed by atoms with van der Waals surface area (Å²) in [6, 6.07) is 4.63. The maximum atomic E-state index is 10.7.